The monoisotopic (exact) mass is 406 g/mol. The van der Waals surface area contributed by atoms with Gasteiger partial charge in [0.25, 0.3) is 0 Å². The number of fused-ring (bicyclic) bond motifs is 2. The normalized spacial score (nSPS) is 16.3. The number of hydrogen-bond donors (Lipinski definition) is 2. The number of H-pyrrole nitrogens is 1. The SMILES string of the molecule is CC(Nc1ncnc2nc[nH]c12)c1cc2cccc(F)c2c(N2CCN(C)CC2)n1. The first-order valence-electron chi connectivity index (χ1n) is 10.0. The molecule has 1 aromatic carbocycles. The number of hydrogen-bond acceptors (Lipinski definition) is 7. The van der Waals surface area contributed by atoms with E-state index in [0.29, 0.717) is 22.7 Å². The lowest BCUT2D eigenvalue weighted by atomic mass is 10.1. The summed E-state index contributed by atoms with van der Waals surface area (Å²) in [6.45, 7) is 5.51. The number of benzene rings is 1. The maximum Gasteiger partial charge on any atom is 0.182 e. The molecular formula is C21H23FN8. The molecule has 0 saturated carbocycles. The highest BCUT2D eigenvalue weighted by Gasteiger charge is 2.22. The maximum atomic E-state index is 14.8. The van der Waals surface area contributed by atoms with Crippen LogP contribution in [-0.4, -0.2) is 63.0 Å². The molecule has 0 bridgehead atoms. The highest BCUT2D eigenvalue weighted by Crippen LogP contribution is 2.32. The molecule has 0 amide bonds. The van der Waals surface area contributed by atoms with Crippen LogP contribution >= 0.6 is 0 Å². The van der Waals surface area contributed by atoms with E-state index in [1.54, 1.807) is 12.4 Å². The Morgan fingerprint density at radius 1 is 1.13 bits per heavy atom. The van der Waals surface area contributed by atoms with Gasteiger partial charge in [0.2, 0.25) is 0 Å². The van der Waals surface area contributed by atoms with Crippen molar-refractivity contribution in [3.05, 3.63) is 48.4 Å². The molecule has 0 spiro atoms. The number of pyridine rings is 1. The van der Waals surface area contributed by atoms with Gasteiger partial charge in [0.1, 0.15) is 23.5 Å². The minimum absolute atomic E-state index is 0.148. The van der Waals surface area contributed by atoms with Crippen LogP contribution in [0.1, 0.15) is 18.7 Å². The van der Waals surface area contributed by atoms with Crippen LogP contribution in [0.15, 0.2) is 36.9 Å². The Labute approximate surface area is 173 Å². The molecule has 2 N–H and O–H groups in total. The number of imidazole rings is 1. The number of aromatic amines is 1. The van der Waals surface area contributed by atoms with Crippen molar-refractivity contribution >= 4 is 33.6 Å². The number of aromatic nitrogens is 5. The van der Waals surface area contributed by atoms with Gasteiger partial charge < -0.3 is 20.1 Å². The summed E-state index contributed by atoms with van der Waals surface area (Å²) in [4.78, 5) is 25.1. The van der Waals surface area contributed by atoms with E-state index in [4.69, 9.17) is 4.98 Å². The molecule has 154 valence electrons. The van der Waals surface area contributed by atoms with Crippen LogP contribution in [0.3, 0.4) is 0 Å². The Hall–Kier alpha value is -3.33. The molecule has 1 fully saturated rings. The summed E-state index contributed by atoms with van der Waals surface area (Å²) < 4.78 is 14.8. The van der Waals surface area contributed by atoms with E-state index in [2.05, 4.69) is 42.1 Å². The molecule has 30 heavy (non-hydrogen) atoms. The summed E-state index contributed by atoms with van der Waals surface area (Å²) in [7, 11) is 2.10. The number of nitrogens with zero attached hydrogens (tertiary/aromatic N) is 6. The second-order valence-electron chi connectivity index (χ2n) is 7.69. The molecule has 0 radical (unpaired) electrons. The average Bonchev–Trinajstić information content (AvgIpc) is 3.24. The number of rotatable bonds is 4. The molecule has 8 nitrogen and oxygen atoms in total. The number of anilines is 2. The van der Waals surface area contributed by atoms with Crippen molar-refractivity contribution in [3.63, 3.8) is 0 Å². The van der Waals surface area contributed by atoms with Crippen LogP contribution < -0.4 is 10.2 Å². The van der Waals surface area contributed by atoms with Gasteiger partial charge in [-0.05, 0) is 31.5 Å². The smallest absolute Gasteiger partial charge is 0.182 e. The molecule has 4 heterocycles. The van der Waals surface area contributed by atoms with E-state index >= 15 is 0 Å². The summed E-state index contributed by atoms with van der Waals surface area (Å²) in [5, 5.41) is 4.82. The van der Waals surface area contributed by atoms with Gasteiger partial charge in [0.05, 0.1) is 23.4 Å². The van der Waals surface area contributed by atoms with Crippen molar-refractivity contribution in [1.82, 2.24) is 29.8 Å². The van der Waals surface area contributed by atoms with Crippen molar-refractivity contribution in [2.45, 2.75) is 13.0 Å². The Balaban J connectivity index is 1.55. The molecule has 1 aliphatic rings. The average molecular weight is 406 g/mol. The second kappa shape index (κ2) is 7.49. The first-order chi connectivity index (χ1) is 14.6. The fourth-order valence-corrected chi connectivity index (χ4v) is 3.89. The van der Waals surface area contributed by atoms with Gasteiger partial charge >= 0.3 is 0 Å². The van der Waals surface area contributed by atoms with Crippen LogP contribution in [0.5, 0.6) is 0 Å². The van der Waals surface area contributed by atoms with E-state index in [9.17, 15) is 4.39 Å². The third-order valence-corrected chi connectivity index (χ3v) is 5.63. The van der Waals surface area contributed by atoms with Crippen LogP contribution in [-0.2, 0) is 0 Å². The van der Waals surface area contributed by atoms with Gasteiger partial charge in [-0.15, -0.1) is 0 Å². The molecule has 3 aromatic heterocycles. The van der Waals surface area contributed by atoms with Gasteiger partial charge in [-0.1, -0.05) is 12.1 Å². The minimum Gasteiger partial charge on any atom is -0.360 e. The molecule has 1 unspecified atom stereocenters. The molecule has 9 heteroatoms. The number of likely N-dealkylation sites (N-methyl/N-ethyl adjacent to an activating group) is 1. The highest BCUT2D eigenvalue weighted by molar-refractivity contribution is 5.93. The third-order valence-electron chi connectivity index (χ3n) is 5.63. The van der Waals surface area contributed by atoms with E-state index < -0.39 is 0 Å². The van der Waals surface area contributed by atoms with E-state index in [-0.39, 0.29) is 11.9 Å². The van der Waals surface area contributed by atoms with Gasteiger partial charge in [0, 0.05) is 26.2 Å². The fraction of sp³-hybridized carbons (Fsp3) is 0.333. The summed E-state index contributed by atoms with van der Waals surface area (Å²) in [5.41, 5.74) is 2.18. The molecule has 1 aliphatic heterocycles. The zero-order valence-corrected chi connectivity index (χ0v) is 16.9. The van der Waals surface area contributed by atoms with Gasteiger partial charge in [-0.25, -0.2) is 24.3 Å². The van der Waals surface area contributed by atoms with Crippen molar-refractivity contribution in [1.29, 1.82) is 0 Å². The highest BCUT2D eigenvalue weighted by atomic mass is 19.1. The zero-order valence-electron chi connectivity index (χ0n) is 16.9. The zero-order chi connectivity index (χ0) is 20.7. The number of halogens is 1. The lowest BCUT2D eigenvalue weighted by molar-refractivity contribution is 0.312. The molecule has 1 saturated heterocycles. The van der Waals surface area contributed by atoms with Crippen LogP contribution in [0.2, 0.25) is 0 Å². The predicted molar refractivity (Wildman–Crippen MR) is 115 cm³/mol. The lowest BCUT2D eigenvalue weighted by Gasteiger charge is -2.34. The van der Waals surface area contributed by atoms with Crippen molar-refractivity contribution in [2.75, 3.05) is 43.4 Å². The van der Waals surface area contributed by atoms with Crippen molar-refractivity contribution < 1.29 is 4.39 Å². The maximum absolute atomic E-state index is 14.8. The summed E-state index contributed by atoms with van der Waals surface area (Å²) in [6, 6.07) is 6.98. The predicted octanol–water partition coefficient (Wildman–Crippen LogP) is 2.97. The second-order valence-corrected chi connectivity index (χ2v) is 7.69. The standard InChI is InChI=1S/C21H23FN8/c1-13(27-20-18-19(24-11-23-18)25-12-26-20)16-10-14-4-3-5-15(22)17(14)21(28-16)30-8-6-29(2)7-9-30/h3-5,10-13H,6-9H2,1-2H3,(H2,23,24,25,26,27). The molecule has 4 aromatic rings. The van der Waals surface area contributed by atoms with Crippen LogP contribution in [0.4, 0.5) is 16.0 Å². The van der Waals surface area contributed by atoms with E-state index in [1.165, 1.54) is 12.4 Å². The van der Waals surface area contributed by atoms with Gasteiger partial charge in [-0.2, -0.15) is 0 Å². The Bertz CT molecular complexity index is 1200. The van der Waals surface area contributed by atoms with Crippen LogP contribution in [0.25, 0.3) is 21.9 Å². The Morgan fingerprint density at radius 3 is 2.80 bits per heavy atom. The lowest BCUT2D eigenvalue weighted by Crippen LogP contribution is -2.45. The Kier molecular flexibility index (Phi) is 4.66. The summed E-state index contributed by atoms with van der Waals surface area (Å²) >= 11 is 0. The Morgan fingerprint density at radius 2 is 1.97 bits per heavy atom. The van der Waals surface area contributed by atoms with E-state index in [0.717, 1.165) is 42.8 Å². The van der Waals surface area contributed by atoms with Gasteiger partial charge in [-0.3, -0.25) is 0 Å². The fourth-order valence-electron chi connectivity index (χ4n) is 3.89. The van der Waals surface area contributed by atoms with Crippen molar-refractivity contribution in [3.8, 4) is 0 Å². The molecule has 1 atom stereocenters. The van der Waals surface area contributed by atoms with Crippen molar-refractivity contribution in [2.24, 2.45) is 0 Å². The molecular weight excluding hydrogens is 383 g/mol. The first-order valence-corrected chi connectivity index (χ1v) is 10.0. The topological polar surface area (TPSA) is 85.9 Å². The third kappa shape index (κ3) is 3.30. The molecule has 5 rings (SSSR count). The van der Waals surface area contributed by atoms with E-state index in [1.807, 2.05) is 19.1 Å². The number of piperazine rings is 1. The molecule has 0 aliphatic carbocycles. The first kappa shape index (κ1) is 18.7. The minimum atomic E-state index is -0.240. The van der Waals surface area contributed by atoms with Crippen LogP contribution in [0, 0.1) is 5.82 Å². The summed E-state index contributed by atoms with van der Waals surface area (Å²) in [5.74, 6) is 1.13. The van der Waals surface area contributed by atoms with Gasteiger partial charge in [0.15, 0.2) is 11.5 Å². The summed E-state index contributed by atoms with van der Waals surface area (Å²) in [6.07, 6.45) is 3.08. The quantitative estimate of drug-likeness (QED) is 0.539. The largest absolute Gasteiger partial charge is 0.360 e. The number of nitrogens with one attached hydrogen (secondary N) is 2.